The summed E-state index contributed by atoms with van der Waals surface area (Å²) in [6.45, 7) is 2.82. The van der Waals surface area contributed by atoms with Crippen molar-refractivity contribution in [2.75, 3.05) is 25.9 Å². The first-order chi connectivity index (χ1) is 13.2. The molecule has 1 aromatic heterocycles. The molecule has 2 aliphatic rings. The van der Waals surface area contributed by atoms with Crippen LogP contribution in [0, 0.1) is 5.92 Å². The van der Waals surface area contributed by atoms with Gasteiger partial charge in [-0.3, -0.25) is 14.7 Å². The third-order valence-electron chi connectivity index (χ3n) is 4.62. The monoisotopic (exact) mass is 440 g/mol. The summed E-state index contributed by atoms with van der Waals surface area (Å²) >= 11 is 0. The number of carboxylic acids is 1. The summed E-state index contributed by atoms with van der Waals surface area (Å²) in [7, 11) is -3.25. The van der Waals surface area contributed by atoms with Crippen LogP contribution >= 0.6 is 0 Å². The molecular formula is C15H19F3N4O6S. The number of Topliss-reactive ketones (excluding diaryl/α,β-unsaturated/α-hetero) is 1. The third-order valence-corrected chi connectivity index (χ3v) is 5.93. The molecule has 2 aliphatic heterocycles. The number of amides is 1. The molecule has 29 heavy (non-hydrogen) atoms. The summed E-state index contributed by atoms with van der Waals surface area (Å²) in [5, 5.41) is 13.5. The fraction of sp³-hybridized carbons (Fsp3) is 0.600. The fourth-order valence-electron chi connectivity index (χ4n) is 3.28. The van der Waals surface area contributed by atoms with Gasteiger partial charge < -0.3 is 10.0 Å². The third kappa shape index (κ3) is 5.32. The maximum absolute atomic E-state index is 12.4. The number of fused-ring (bicyclic) bond motifs is 1. The largest absolute Gasteiger partial charge is 0.490 e. The van der Waals surface area contributed by atoms with Gasteiger partial charge in [0.25, 0.3) is 5.91 Å². The Morgan fingerprint density at radius 3 is 2.31 bits per heavy atom. The minimum atomic E-state index is -5.08. The van der Waals surface area contributed by atoms with E-state index in [1.165, 1.54) is 23.6 Å². The second-order valence-electron chi connectivity index (χ2n) is 6.73. The van der Waals surface area contributed by atoms with Crippen molar-refractivity contribution < 1.29 is 41.1 Å². The molecule has 1 aromatic rings. The van der Waals surface area contributed by atoms with Gasteiger partial charge >= 0.3 is 12.1 Å². The van der Waals surface area contributed by atoms with E-state index in [0.717, 1.165) is 6.42 Å². The van der Waals surface area contributed by atoms with Gasteiger partial charge in [0.15, 0.2) is 5.78 Å². The number of aromatic amines is 1. The van der Waals surface area contributed by atoms with Crippen LogP contribution in [0.5, 0.6) is 0 Å². The molecule has 0 unspecified atom stereocenters. The molecular weight excluding hydrogens is 421 g/mol. The number of halogens is 3. The maximum Gasteiger partial charge on any atom is 0.490 e. The van der Waals surface area contributed by atoms with Crippen LogP contribution in [0.1, 0.15) is 34.3 Å². The van der Waals surface area contributed by atoms with Crippen LogP contribution < -0.4 is 0 Å². The smallest absolute Gasteiger partial charge is 0.475 e. The first-order valence-electron chi connectivity index (χ1n) is 8.34. The number of hydrogen-bond acceptors (Lipinski definition) is 6. The van der Waals surface area contributed by atoms with E-state index in [1.807, 2.05) is 0 Å². The van der Waals surface area contributed by atoms with Gasteiger partial charge in [-0.25, -0.2) is 13.2 Å². The lowest BCUT2D eigenvalue weighted by molar-refractivity contribution is -0.192. The van der Waals surface area contributed by atoms with Crippen molar-refractivity contribution in [3.05, 3.63) is 17.5 Å². The van der Waals surface area contributed by atoms with Gasteiger partial charge in [0.1, 0.15) is 11.4 Å². The number of aromatic nitrogens is 2. The number of ketones is 1. The van der Waals surface area contributed by atoms with Crippen LogP contribution in [-0.4, -0.2) is 88.7 Å². The molecule has 162 valence electrons. The van der Waals surface area contributed by atoms with Crippen molar-refractivity contribution in [1.29, 1.82) is 0 Å². The molecule has 14 heteroatoms. The molecule has 0 radical (unpaired) electrons. The number of carbonyl (C=O) groups is 3. The molecule has 0 bridgehead atoms. The predicted molar refractivity (Wildman–Crippen MR) is 91.6 cm³/mol. The van der Waals surface area contributed by atoms with Crippen LogP contribution in [0.4, 0.5) is 13.2 Å². The number of H-pyrrole nitrogens is 1. The second-order valence-corrected chi connectivity index (χ2v) is 8.66. The lowest BCUT2D eigenvalue weighted by Crippen LogP contribution is -2.40. The Morgan fingerprint density at radius 2 is 1.86 bits per heavy atom. The van der Waals surface area contributed by atoms with Gasteiger partial charge in [0.05, 0.1) is 6.26 Å². The quantitative estimate of drug-likeness (QED) is 0.646. The fourth-order valence-corrected chi connectivity index (χ4v) is 4.45. The standard InChI is InChI=1S/C13H18N4O4S.C2HF3O2/c1-8(18)10-5-11(15-14-10)13(19)16-6-9-3-4-17(12(9)7-16)22(2,20)21;3-2(4,5)1(6)7/h5,9,12H,3-4,6-7H2,1-2H3,(H,14,15);(H,6,7)/t9-,12+;/m1./s1. The number of alkyl halides is 3. The van der Waals surface area contributed by atoms with E-state index in [-0.39, 0.29) is 35.0 Å². The van der Waals surface area contributed by atoms with Gasteiger partial charge in [-0.1, -0.05) is 0 Å². The van der Waals surface area contributed by atoms with E-state index in [1.54, 1.807) is 4.90 Å². The molecule has 0 spiro atoms. The molecule has 2 saturated heterocycles. The minimum absolute atomic E-state index is 0.144. The van der Waals surface area contributed by atoms with Crippen LogP contribution in [0.2, 0.25) is 0 Å². The van der Waals surface area contributed by atoms with Crippen LogP contribution in [-0.2, 0) is 14.8 Å². The number of aliphatic carboxylic acids is 1. The number of likely N-dealkylation sites (tertiary alicyclic amines) is 1. The molecule has 0 saturated carbocycles. The minimum Gasteiger partial charge on any atom is -0.475 e. The van der Waals surface area contributed by atoms with E-state index in [4.69, 9.17) is 9.90 Å². The summed E-state index contributed by atoms with van der Waals surface area (Å²) in [6.07, 6.45) is -3.11. The van der Waals surface area contributed by atoms with Crippen molar-refractivity contribution in [3.63, 3.8) is 0 Å². The van der Waals surface area contributed by atoms with Crippen LogP contribution in [0.15, 0.2) is 6.07 Å². The number of carboxylic acid groups (broad SMARTS) is 1. The number of hydrogen-bond donors (Lipinski definition) is 2. The zero-order valence-corrected chi connectivity index (χ0v) is 16.2. The highest BCUT2D eigenvalue weighted by Crippen LogP contribution is 2.33. The van der Waals surface area contributed by atoms with E-state index >= 15 is 0 Å². The number of nitrogens with zero attached hydrogens (tertiary/aromatic N) is 3. The zero-order chi connectivity index (χ0) is 22.1. The predicted octanol–water partition coefficient (Wildman–Crippen LogP) is 0.351. The van der Waals surface area contributed by atoms with Crippen molar-refractivity contribution >= 4 is 27.7 Å². The lowest BCUT2D eigenvalue weighted by atomic mass is 10.1. The molecule has 0 aliphatic carbocycles. The SMILES string of the molecule is CC(=O)c1cc(C(=O)N2C[C@H]3CCN(S(C)(=O)=O)[C@H]3C2)[nH]n1.O=C(O)C(F)(F)F. The summed E-state index contributed by atoms with van der Waals surface area (Å²) in [6, 6.07) is 1.29. The van der Waals surface area contributed by atoms with Gasteiger partial charge in [0.2, 0.25) is 10.0 Å². The van der Waals surface area contributed by atoms with Crippen molar-refractivity contribution in [3.8, 4) is 0 Å². The number of carbonyl (C=O) groups excluding carboxylic acids is 2. The van der Waals surface area contributed by atoms with Gasteiger partial charge in [-0.05, 0) is 18.4 Å². The van der Waals surface area contributed by atoms with Crippen LogP contribution in [0.25, 0.3) is 0 Å². The summed E-state index contributed by atoms with van der Waals surface area (Å²) in [5.74, 6) is -3.04. The van der Waals surface area contributed by atoms with Crippen LogP contribution in [0.3, 0.4) is 0 Å². The van der Waals surface area contributed by atoms with Crippen molar-refractivity contribution in [1.82, 2.24) is 19.4 Å². The lowest BCUT2D eigenvalue weighted by Gasteiger charge is -2.22. The number of sulfonamides is 1. The summed E-state index contributed by atoms with van der Waals surface area (Å²) in [4.78, 5) is 34.2. The topological polar surface area (TPSA) is 141 Å². The Morgan fingerprint density at radius 1 is 1.28 bits per heavy atom. The first kappa shape index (κ1) is 22.8. The molecule has 2 fully saturated rings. The Labute approximate surface area is 163 Å². The highest BCUT2D eigenvalue weighted by molar-refractivity contribution is 7.88. The van der Waals surface area contributed by atoms with E-state index in [2.05, 4.69) is 10.2 Å². The molecule has 3 rings (SSSR count). The second kappa shape index (κ2) is 8.10. The Balaban J connectivity index is 0.000000370. The normalized spacial score (nSPS) is 22.0. The zero-order valence-electron chi connectivity index (χ0n) is 15.4. The van der Waals surface area contributed by atoms with Gasteiger partial charge in [0, 0.05) is 32.6 Å². The Bertz CT molecular complexity index is 913. The molecule has 1 amide bonds. The molecule has 2 atom stereocenters. The Kier molecular flexibility index (Phi) is 6.37. The first-order valence-corrected chi connectivity index (χ1v) is 10.2. The molecule has 10 nitrogen and oxygen atoms in total. The molecule has 3 heterocycles. The maximum atomic E-state index is 12.4. The van der Waals surface area contributed by atoms with Crippen molar-refractivity contribution in [2.24, 2.45) is 5.92 Å². The Hall–Kier alpha value is -2.48. The summed E-state index contributed by atoms with van der Waals surface area (Å²) in [5.41, 5.74) is 0.483. The number of rotatable bonds is 3. The highest BCUT2D eigenvalue weighted by Gasteiger charge is 2.46. The molecule has 0 aromatic carbocycles. The molecule has 2 N–H and O–H groups in total. The average molecular weight is 440 g/mol. The van der Waals surface area contributed by atoms with E-state index < -0.39 is 22.2 Å². The van der Waals surface area contributed by atoms with Crippen molar-refractivity contribution in [2.45, 2.75) is 25.6 Å². The van der Waals surface area contributed by atoms with E-state index in [9.17, 15) is 31.2 Å². The average Bonchev–Trinajstić information content (AvgIpc) is 3.27. The highest BCUT2D eigenvalue weighted by atomic mass is 32.2. The number of nitrogens with one attached hydrogen (secondary N) is 1. The van der Waals surface area contributed by atoms with Gasteiger partial charge in [-0.15, -0.1) is 0 Å². The van der Waals surface area contributed by atoms with Gasteiger partial charge in [-0.2, -0.15) is 22.6 Å². The van der Waals surface area contributed by atoms with E-state index in [0.29, 0.717) is 19.6 Å². The summed E-state index contributed by atoms with van der Waals surface area (Å²) < 4.78 is 56.8.